The molecule has 1 aliphatic rings. The van der Waals surface area contributed by atoms with Crippen LogP contribution in [0, 0.1) is 0 Å². The molecule has 17 heavy (non-hydrogen) atoms. The van der Waals surface area contributed by atoms with Gasteiger partial charge in [0.1, 0.15) is 0 Å². The van der Waals surface area contributed by atoms with Crippen molar-refractivity contribution in [3.8, 4) is 0 Å². The van der Waals surface area contributed by atoms with Gasteiger partial charge in [0.15, 0.2) is 0 Å². The minimum atomic E-state index is -0.113. The molecule has 0 bridgehead atoms. The Balaban J connectivity index is 2.19. The van der Waals surface area contributed by atoms with Gasteiger partial charge in [0.05, 0.1) is 12.6 Å². The molecule has 0 heterocycles. The topological polar surface area (TPSA) is 50.4 Å². The summed E-state index contributed by atoms with van der Waals surface area (Å²) in [5, 5.41) is 7.01. The number of carbonyl (C=O) groups is 1. The predicted octanol–water partition coefficient (Wildman–Crippen LogP) is 1.01. The third-order valence-electron chi connectivity index (χ3n) is 3.20. The van der Waals surface area contributed by atoms with E-state index in [-0.39, 0.29) is 11.9 Å². The third kappa shape index (κ3) is 5.27. The van der Waals surface area contributed by atoms with E-state index >= 15 is 0 Å². The van der Waals surface area contributed by atoms with Crippen molar-refractivity contribution in [1.29, 1.82) is 0 Å². The average Bonchev–Trinajstić information content (AvgIpc) is 2.77. The molecule has 1 fully saturated rings. The van der Waals surface area contributed by atoms with Gasteiger partial charge in [-0.2, -0.15) is 11.8 Å². The molecule has 1 rings (SSSR count). The molecule has 4 nitrogen and oxygen atoms in total. The van der Waals surface area contributed by atoms with E-state index in [0.717, 1.165) is 5.25 Å². The zero-order valence-electron chi connectivity index (χ0n) is 11.0. The van der Waals surface area contributed by atoms with Crippen LogP contribution in [0.1, 0.15) is 26.2 Å². The molecule has 1 saturated carbocycles. The largest absolute Gasteiger partial charge is 0.383 e. The van der Waals surface area contributed by atoms with Gasteiger partial charge < -0.3 is 15.4 Å². The van der Waals surface area contributed by atoms with E-state index in [4.69, 9.17) is 4.74 Å². The lowest BCUT2D eigenvalue weighted by molar-refractivity contribution is -0.123. The summed E-state index contributed by atoms with van der Waals surface area (Å²) in [6.45, 7) is 3.07. The van der Waals surface area contributed by atoms with E-state index in [1.807, 2.05) is 18.7 Å². The number of methoxy groups -OCH3 is 1. The second-order valence-corrected chi connectivity index (χ2v) is 5.68. The van der Waals surface area contributed by atoms with Crippen LogP contribution in [0.5, 0.6) is 0 Å². The van der Waals surface area contributed by atoms with Gasteiger partial charge in [0.2, 0.25) is 5.91 Å². The van der Waals surface area contributed by atoms with Crippen molar-refractivity contribution in [2.75, 3.05) is 26.5 Å². The van der Waals surface area contributed by atoms with Gasteiger partial charge in [0.25, 0.3) is 0 Å². The van der Waals surface area contributed by atoms with E-state index in [1.165, 1.54) is 19.3 Å². The van der Waals surface area contributed by atoms with Crippen molar-refractivity contribution in [2.24, 2.45) is 0 Å². The number of hydrogen-bond acceptors (Lipinski definition) is 4. The van der Waals surface area contributed by atoms with Crippen molar-refractivity contribution >= 4 is 17.7 Å². The van der Waals surface area contributed by atoms with Gasteiger partial charge in [0, 0.05) is 24.9 Å². The number of rotatable bonds is 7. The maximum Gasteiger partial charge on any atom is 0.236 e. The second-order valence-electron chi connectivity index (χ2n) is 4.54. The summed E-state index contributed by atoms with van der Waals surface area (Å²) in [6, 6.07) is 0.382. The average molecular weight is 260 g/mol. The van der Waals surface area contributed by atoms with Crippen LogP contribution in [-0.2, 0) is 9.53 Å². The summed E-state index contributed by atoms with van der Waals surface area (Å²) < 4.78 is 4.90. The number of hydrogen-bond donors (Lipinski definition) is 2. The number of nitrogens with one attached hydrogen (secondary N) is 2. The minimum absolute atomic E-state index is 0.0645. The van der Waals surface area contributed by atoms with Gasteiger partial charge in [-0.3, -0.25) is 4.79 Å². The Kier molecular flexibility index (Phi) is 6.92. The number of thioether (sulfide) groups is 1. The molecule has 3 unspecified atom stereocenters. The van der Waals surface area contributed by atoms with E-state index in [2.05, 4.69) is 16.9 Å². The van der Waals surface area contributed by atoms with E-state index in [9.17, 15) is 4.79 Å². The molecule has 2 N–H and O–H groups in total. The molecule has 0 aromatic rings. The lowest BCUT2D eigenvalue weighted by Gasteiger charge is -2.19. The van der Waals surface area contributed by atoms with E-state index < -0.39 is 0 Å². The van der Waals surface area contributed by atoms with Gasteiger partial charge in [-0.15, -0.1) is 0 Å². The molecule has 1 aliphatic carbocycles. The highest BCUT2D eigenvalue weighted by molar-refractivity contribution is 7.99. The molecule has 0 spiro atoms. The minimum Gasteiger partial charge on any atom is -0.383 e. The fraction of sp³-hybridized carbons (Fsp3) is 0.917. The van der Waals surface area contributed by atoms with Crippen LogP contribution in [0.15, 0.2) is 0 Å². The summed E-state index contributed by atoms with van der Waals surface area (Å²) in [5.41, 5.74) is 0. The van der Waals surface area contributed by atoms with Crippen LogP contribution < -0.4 is 10.6 Å². The first-order chi connectivity index (χ1) is 8.17. The van der Waals surface area contributed by atoms with Crippen molar-refractivity contribution in [3.63, 3.8) is 0 Å². The predicted molar refractivity (Wildman–Crippen MR) is 72.4 cm³/mol. The maximum atomic E-state index is 11.7. The molecule has 100 valence electrons. The van der Waals surface area contributed by atoms with Crippen LogP contribution in [0.25, 0.3) is 0 Å². The zero-order chi connectivity index (χ0) is 12.7. The standard InChI is InChI=1S/C12H24N2O2S/c1-9(12(15)13-6-7-16-2)14-10-4-5-11(8-10)17-3/h9-11,14H,4-8H2,1-3H3,(H,13,15). The van der Waals surface area contributed by atoms with Crippen LogP contribution in [0.2, 0.25) is 0 Å². The lowest BCUT2D eigenvalue weighted by atomic mass is 10.2. The van der Waals surface area contributed by atoms with Crippen molar-refractivity contribution in [2.45, 2.75) is 43.5 Å². The van der Waals surface area contributed by atoms with Crippen LogP contribution in [0.3, 0.4) is 0 Å². The Morgan fingerprint density at radius 1 is 1.53 bits per heavy atom. The Bertz CT molecular complexity index is 239. The Morgan fingerprint density at radius 3 is 2.88 bits per heavy atom. The molecule has 3 atom stereocenters. The van der Waals surface area contributed by atoms with Crippen molar-refractivity contribution in [3.05, 3.63) is 0 Å². The molecule has 0 aromatic heterocycles. The molecule has 0 saturated heterocycles. The van der Waals surface area contributed by atoms with Crippen LogP contribution in [-0.4, -0.2) is 49.8 Å². The first kappa shape index (κ1) is 14.8. The highest BCUT2D eigenvalue weighted by Crippen LogP contribution is 2.28. The normalized spacial score (nSPS) is 25.8. The number of amides is 1. The second kappa shape index (κ2) is 7.95. The number of ether oxygens (including phenoxy) is 1. The first-order valence-corrected chi connectivity index (χ1v) is 7.51. The van der Waals surface area contributed by atoms with Crippen LogP contribution >= 0.6 is 11.8 Å². The summed E-state index contributed by atoms with van der Waals surface area (Å²) in [4.78, 5) is 11.7. The Labute approximate surface area is 108 Å². The van der Waals surface area contributed by atoms with E-state index in [1.54, 1.807) is 7.11 Å². The van der Waals surface area contributed by atoms with E-state index in [0.29, 0.717) is 19.2 Å². The molecule has 5 heteroatoms. The maximum absolute atomic E-state index is 11.7. The van der Waals surface area contributed by atoms with Gasteiger partial charge >= 0.3 is 0 Å². The molecular weight excluding hydrogens is 236 g/mol. The molecule has 0 aromatic carbocycles. The quantitative estimate of drug-likeness (QED) is 0.671. The Morgan fingerprint density at radius 2 is 2.29 bits per heavy atom. The molecular formula is C12H24N2O2S. The molecule has 1 amide bonds. The first-order valence-electron chi connectivity index (χ1n) is 6.22. The SMILES string of the molecule is COCCNC(=O)C(C)NC1CCC(SC)C1. The monoisotopic (exact) mass is 260 g/mol. The van der Waals surface area contributed by atoms with Crippen molar-refractivity contribution in [1.82, 2.24) is 10.6 Å². The van der Waals surface area contributed by atoms with Gasteiger partial charge in [-0.05, 0) is 32.4 Å². The highest BCUT2D eigenvalue weighted by atomic mass is 32.2. The summed E-state index contributed by atoms with van der Waals surface area (Å²) in [7, 11) is 1.63. The summed E-state index contributed by atoms with van der Waals surface area (Å²) in [6.07, 6.45) is 5.78. The van der Waals surface area contributed by atoms with Crippen molar-refractivity contribution < 1.29 is 9.53 Å². The number of carbonyl (C=O) groups excluding carboxylic acids is 1. The fourth-order valence-electron chi connectivity index (χ4n) is 2.16. The third-order valence-corrected chi connectivity index (χ3v) is 4.30. The summed E-state index contributed by atoms with van der Waals surface area (Å²) >= 11 is 1.93. The smallest absolute Gasteiger partial charge is 0.236 e. The lowest BCUT2D eigenvalue weighted by Crippen LogP contribution is -2.46. The highest BCUT2D eigenvalue weighted by Gasteiger charge is 2.26. The van der Waals surface area contributed by atoms with Gasteiger partial charge in [-0.1, -0.05) is 0 Å². The van der Waals surface area contributed by atoms with Crippen LogP contribution in [0.4, 0.5) is 0 Å². The molecule has 0 radical (unpaired) electrons. The summed E-state index contributed by atoms with van der Waals surface area (Å²) in [5.74, 6) is 0.0645. The Hall–Kier alpha value is -0.260. The van der Waals surface area contributed by atoms with Gasteiger partial charge in [-0.25, -0.2) is 0 Å². The molecule has 0 aliphatic heterocycles. The zero-order valence-corrected chi connectivity index (χ0v) is 11.8. The fourth-order valence-corrected chi connectivity index (χ4v) is 2.96.